The van der Waals surface area contributed by atoms with Gasteiger partial charge < -0.3 is 15.2 Å². The second-order valence-corrected chi connectivity index (χ2v) is 13.1. The second kappa shape index (κ2) is 19.7. The summed E-state index contributed by atoms with van der Waals surface area (Å²) in [5.74, 6) is -0.668. The fourth-order valence-corrected chi connectivity index (χ4v) is 7.53. The van der Waals surface area contributed by atoms with Gasteiger partial charge in [-0.25, -0.2) is 33.6 Å². The van der Waals surface area contributed by atoms with E-state index < -0.39 is 36.6 Å². The number of aromatic nitrogens is 2. The highest BCUT2D eigenvalue weighted by molar-refractivity contribution is 7.90. The highest BCUT2D eigenvalue weighted by atomic mass is 35.5. The predicted octanol–water partition coefficient (Wildman–Crippen LogP) is 7.82. The molecule has 4 aromatic carbocycles. The van der Waals surface area contributed by atoms with Crippen molar-refractivity contribution in [1.82, 2.24) is 7.94 Å². The van der Waals surface area contributed by atoms with E-state index >= 15 is 0 Å². The summed E-state index contributed by atoms with van der Waals surface area (Å²) in [6.07, 6.45) is 4.20. The van der Waals surface area contributed by atoms with Crippen molar-refractivity contribution in [3.05, 3.63) is 121 Å². The molecule has 0 aliphatic heterocycles. The standard InChI is InChI=1S/C16H15FN2O3S.C16H11FN2O3S.CH3Cl.2CH4.ClH/c2*17-13-4-1-2-7-16(13)23(20,21)19-10-8-12-14(19)5-3-6-15(12)22-11-9-18;1-2;;;/h1-8,10H,9,11,18H2;1-8,10H,11H2;1H3;2*1H4;1H. The Balaban J connectivity index is 0.000000461. The van der Waals surface area contributed by atoms with Crippen molar-refractivity contribution in [1.29, 1.82) is 5.26 Å². The molecule has 0 fully saturated rings. The third-order valence-corrected chi connectivity index (χ3v) is 10.2. The largest absolute Gasteiger partial charge is 0.492 e. The van der Waals surface area contributed by atoms with E-state index in [0.29, 0.717) is 46.5 Å². The van der Waals surface area contributed by atoms with E-state index in [1.54, 1.807) is 48.5 Å². The van der Waals surface area contributed by atoms with E-state index in [9.17, 15) is 25.6 Å². The summed E-state index contributed by atoms with van der Waals surface area (Å²) in [6.45, 7) is 0.527. The van der Waals surface area contributed by atoms with E-state index in [1.165, 1.54) is 55.2 Å². The van der Waals surface area contributed by atoms with Gasteiger partial charge in [0.2, 0.25) is 0 Å². The Labute approximate surface area is 308 Å². The molecule has 6 rings (SSSR count). The molecule has 0 unspecified atom stereocenters. The minimum Gasteiger partial charge on any atom is -0.492 e. The quantitative estimate of drug-likeness (QED) is 0.146. The maximum Gasteiger partial charge on any atom is 0.271 e. The Morgan fingerprint density at radius 2 is 1.10 bits per heavy atom. The third kappa shape index (κ3) is 9.37. The van der Waals surface area contributed by atoms with Crippen molar-refractivity contribution in [2.45, 2.75) is 24.6 Å². The highest BCUT2D eigenvalue weighted by Crippen LogP contribution is 2.31. The first-order valence-corrected chi connectivity index (χ1v) is 17.7. The monoisotopic (exact) mass is 782 g/mol. The molecular weight excluding hydrogens is 745 g/mol. The number of rotatable bonds is 9. The second-order valence-electron chi connectivity index (χ2n) is 9.56. The van der Waals surface area contributed by atoms with Crippen molar-refractivity contribution < 1.29 is 35.1 Å². The summed E-state index contributed by atoms with van der Waals surface area (Å²) in [4.78, 5) is -0.772. The zero-order valence-corrected chi connectivity index (χ0v) is 28.9. The average molecular weight is 784 g/mol. The van der Waals surface area contributed by atoms with Crippen LogP contribution in [0.3, 0.4) is 0 Å². The van der Waals surface area contributed by atoms with Crippen molar-refractivity contribution in [2.75, 3.05) is 26.1 Å². The molecule has 2 heterocycles. The molecule has 0 saturated heterocycles. The van der Waals surface area contributed by atoms with Crippen LogP contribution in [-0.2, 0) is 20.0 Å². The molecule has 0 saturated carbocycles. The highest BCUT2D eigenvalue weighted by Gasteiger charge is 2.24. The number of nitrogens with two attached hydrogens (primary N) is 1. The van der Waals surface area contributed by atoms with Crippen molar-refractivity contribution >= 4 is 65.9 Å². The van der Waals surface area contributed by atoms with Crippen LogP contribution in [0.2, 0.25) is 0 Å². The maximum absolute atomic E-state index is 13.9. The van der Waals surface area contributed by atoms with Gasteiger partial charge in [-0.15, -0.1) is 24.0 Å². The Bertz CT molecular complexity index is 2310. The normalized spacial score (nSPS) is 10.5. The van der Waals surface area contributed by atoms with Gasteiger partial charge in [0.25, 0.3) is 20.0 Å². The molecule has 0 bridgehead atoms. The molecule has 274 valence electrons. The van der Waals surface area contributed by atoms with Gasteiger partial charge in [-0.2, -0.15) is 5.26 Å². The molecule has 0 aliphatic carbocycles. The summed E-state index contributed by atoms with van der Waals surface area (Å²) in [7, 11) is -8.10. The van der Waals surface area contributed by atoms with Crippen molar-refractivity contribution in [2.24, 2.45) is 5.73 Å². The maximum atomic E-state index is 13.9. The molecular formula is C35H38Cl2F2N4O6S2. The summed E-state index contributed by atoms with van der Waals surface area (Å²) in [5, 5.41) is 9.75. The molecule has 0 amide bonds. The molecule has 2 N–H and O–H groups in total. The number of hydrogen-bond acceptors (Lipinski definition) is 8. The third-order valence-electron chi connectivity index (χ3n) is 6.73. The lowest BCUT2D eigenvalue weighted by molar-refractivity contribution is 0.332. The number of ether oxygens (including phenoxy) is 2. The van der Waals surface area contributed by atoms with Gasteiger partial charge in [-0.05, 0) is 60.7 Å². The van der Waals surface area contributed by atoms with Gasteiger partial charge in [0.1, 0.15) is 45.6 Å². The first kappa shape index (κ1) is 44.4. The number of alkyl halides is 1. The van der Waals surface area contributed by atoms with Gasteiger partial charge in [0.05, 0.1) is 11.0 Å². The van der Waals surface area contributed by atoms with Gasteiger partial charge in [-0.1, -0.05) is 51.3 Å². The lowest BCUT2D eigenvalue weighted by Gasteiger charge is -2.10. The Hall–Kier alpha value is -4.65. The molecule has 0 radical (unpaired) electrons. The van der Waals surface area contributed by atoms with Gasteiger partial charge in [0, 0.05) is 36.1 Å². The molecule has 51 heavy (non-hydrogen) atoms. The minimum atomic E-state index is -4.07. The summed E-state index contributed by atoms with van der Waals surface area (Å²) in [6, 6.07) is 25.4. The number of fused-ring (bicyclic) bond motifs is 2. The minimum absolute atomic E-state index is 0. The Morgan fingerprint density at radius 1 is 0.686 bits per heavy atom. The fourth-order valence-electron chi connectivity index (χ4n) is 4.70. The van der Waals surface area contributed by atoms with Crippen LogP contribution in [0.25, 0.3) is 21.8 Å². The van der Waals surface area contributed by atoms with Crippen molar-refractivity contribution in [3.63, 3.8) is 0 Å². The van der Waals surface area contributed by atoms with Gasteiger partial charge in [-0.3, -0.25) is 0 Å². The van der Waals surface area contributed by atoms with Crippen LogP contribution in [0.4, 0.5) is 8.78 Å². The van der Waals surface area contributed by atoms with Crippen LogP contribution in [0.15, 0.2) is 119 Å². The van der Waals surface area contributed by atoms with E-state index in [2.05, 4.69) is 11.6 Å². The predicted molar refractivity (Wildman–Crippen MR) is 200 cm³/mol. The zero-order chi connectivity index (χ0) is 34.9. The molecule has 0 atom stereocenters. The lowest BCUT2D eigenvalue weighted by atomic mass is 10.2. The van der Waals surface area contributed by atoms with Crippen LogP contribution in [0, 0.1) is 23.0 Å². The van der Waals surface area contributed by atoms with Crippen LogP contribution in [-0.4, -0.2) is 50.9 Å². The summed E-state index contributed by atoms with van der Waals surface area (Å²) >= 11 is 4.64. The first-order chi connectivity index (χ1) is 23.1. The summed E-state index contributed by atoms with van der Waals surface area (Å²) < 4.78 is 91.4. The van der Waals surface area contributed by atoms with Gasteiger partial charge in [0.15, 0.2) is 6.61 Å². The van der Waals surface area contributed by atoms with Crippen molar-refractivity contribution in [3.8, 4) is 17.6 Å². The first-order valence-electron chi connectivity index (χ1n) is 14.0. The zero-order valence-electron chi connectivity index (χ0n) is 25.7. The average Bonchev–Trinajstić information content (AvgIpc) is 3.74. The molecule has 6 aromatic rings. The number of benzene rings is 4. The van der Waals surface area contributed by atoms with Crippen LogP contribution >= 0.6 is 24.0 Å². The molecule has 16 heteroatoms. The number of nitrogens with zero attached hydrogens (tertiary/aromatic N) is 3. The Morgan fingerprint density at radius 3 is 1.49 bits per heavy atom. The number of nitriles is 1. The van der Waals surface area contributed by atoms with E-state index in [4.69, 9.17) is 20.5 Å². The smallest absolute Gasteiger partial charge is 0.271 e. The molecule has 0 spiro atoms. The van der Waals surface area contributed by atoms with E-state index in [-0.39, 0.29) is 38.8 Å². The van der Waals surface area contributed by atoms with Crippen LogP contribution in [0.5, 0.6) is 11.5 Å². The lowest BCUT2D eigenvalue weighted by Crippen LogP contribution is -2.13. The summed E-state index contributed by atoms with van der Waals surface area (Å²) in [5.41, 5.74) is 6.19. The molecule has 0 aliphatic rings. The number of hydrogen-bond donors (Lipinski definition) is 1. The van der Waals surface area contributed by atoms with Crippen LogP contribution in [0.1, 0.15) is 14.9 Å². The molecule has 10 nitrogen and oxygen atoms in total. The Kier molecular flexibility index (Phi) is 17.1. The molecule has 2 aromatic heterocycles. The topological polar surface area (TPSA) is 146 Å². The SMILES string of the molecule is C.C.CCl.Cl.N#CCOc1cccc2c1ccn2S(=O)(=O)c1ccccc1F.NCCOc1cccc2c1ccn2S(=O)(=O)c1ccccc1F. The van der Waals surface area contributed by atoms with E-state index in [1.807, 2.05) is 6.07 Å². The van der Waals surface area contributed by atoms with Crippen LogP contribution < -0.4 is 15.2 Å². The fraction of sp³-hybridized carbons (Fsp3) is 0.171. The number of halogens is 4. The van der Waals surface area contributed by atoms with E-state index in [0.717, 1.165) is 20.1 Å². The van der Waals surface area contributed by atoms with Gasteiger partial charge >= 0.3 is 0 Å².